The zero-order valence-electron chi connectivity index (χ0n) is 16.8. The molecule has 0 fully saturated rings. The lowest BCUT2D eigenvalue weighted by molar-refractivity contribution is -0.129. The highest BCUT2D eigenvalue weighted by Crippen LogP contribution is 2.23. The van der Waals surface area contributed by atoms with Crippen molar-refractivity contribution in [1.82, 2.24) is 5.32 Å². The molecule has 0 heterocycles. The molecule has 0 saturated carbocycles. The monoisotopic (exact) mass is 353 g/mol. The molecule has 0 unspecified atom stereocenters. The van der Waals surface area contributed by atoms with E-state index in [2.05, 4.69) is 57.3 Å². The summed E-state index contributed by atoms with van der Waals surface area (Å²) in [5.41, 5.74) is 5.89. The van der Waals surface area contributed by atoms with Crippen LogP contribution in [0.25, 0.3) is 0 Å². The van der Waals surface area contributed by atoms with Gasteiger partial charge in [0.2, 0.25) is 0 Å². The number of aryl methyl sites for hydroxylation is 4. The summed E-state index contributed by atoms with van der Waals surface area (Å²) >= 11 is 0. The molecular weight excluding hydrogens is 322 g/mol. The van der Waals surface area contributed by atoms with Gasteiger partial charge < -0.3 is 10.1 Å². The summed E-state index contributed by atoms with van der Waals surface area (Å²) in [5.74, 6) is 0.717. The first-order valence-electron chi connectivity index (χ1n) is 9.47. The molecule has 2 aromatic rings. The molecule has 2 rings (SSSR count). The quantitative estimate of drug-likeness (QED) is 0.729. The molecule has 140 valence electrons. The van der Waals surface area contributed by atoms with E-state index in [9.17, 15) is 4.79 Å². The van der Waals surface area contributed by atoms with E-state index in [0.717, 1.165) is 23.3 Å². The van der Waals surface area contributed by atoms with E-state index in [0.29, 0.717) is 6.42 Å². The maximum Gasteiger partial charge on any atom is 0.261 e. The van der Waals surface area contributed by atoms with Gasteiger partial charge in [-0.1, -0.05) is 49.7 Å². The van der Waals surface area contributed by atoms with Gasteiger partial charge >= 0.3 is 0 Å². The van der Waals surface area contributed by atoms with Crippen molar-refractivity contribution < 1.29 is 9.53 Å². The van der Waals surface area contributed by atoms with Crippen LogP contribution in [0, 0.1) is 27.7 Å². The molecule has 1 amide bonds. The van der Waals surface area contributed by atoms with Gasteiger partial charge in [-0.3, -0.25) is 4.79 Å². The number of amides is 1. The zero-order chi connectivity index (χ0) is 19.3. The largest absolute Gasteiger partial charge is 0.480 e. The van der Waals surface area contributed by atoms with Crippen LogP contribution in [0.4, 0.5) is 0 Å². The van der Waals surface area contributed by atoms with Crippen molar-refractivity contribution in [2.24, 2.45) is 0 Å². The molecule has 2 atom stereocenters. The molecule has 0 aliphatic carbocycles. The molecular formula is C23H31NO2. The lowest BCUT2D eigenvalue weighted by Gasteiger charge is -2.23. The Hall–Kier alpha value is -2.29. The third kappa shape index (κ3) is 4.87. The molecule has 3 heteroatoms. The van der Waals surface area contributed by atoms with Crippen molar-refractivity contribution in [1.29, 1.82) is 0 Å². The molecule has 26 heavy (non-hydrogen) atoms. The van der Waals surface area contributed by atoms with Gasteiger partial charge in [0.1, 0.15) is 5.75 Å². The van der Waals surface area contributed by atoms with Crippen molar-refractivity contribution in [3.63, 3.8) is 0 Å². The number of ether oxygens (including phenoxy) is 1. The van der Waals surface area contributed by atoms with Crippen LogP contribution in [0.3, 0.4) is 0 Å². The highest BCUT2D eigenvalue weighted by molar-refractivity contribution is 5.81. The van der Waals surface area contributed by atoms with E-state index in [1.165, 1.54) is 16.7 Å². The van der Waals surface area contributed by atoms with Crippen molar-refractivity contribution in [3.05, 3.63) is 64.2 Å². The number of carbonyl (C=O) groups excluding carboxylic acids is 1. The van der Waals surface area contributed by atoms with Crippen LogP contribution in [-0.2, 0) is 4.79 Å². The van der Waals surface area contributed by atoms with Crippen LogP contribution < -0.4 is 10.1 Å². The lowest BCUT2D eigenvalue weighted by atomic mass is 9.99. The molecule has 3 nitrogen and oxygen atoms in total. The van der Waals surface area contributed by atoms with E-state index >= 15 is 0 Å². The number of benzene rings is 2. The summed E-state index contributed by atoms with van der Waals surface area (Å²) in [7, 11) is 0. The van der Waals surface area contributed by atoms with E-state index in [1.54, 1.807) is 0 Å². The summed E-state index contributed by atoms with van der Waals surface area (Å²) in [6, 6.07) is 12.4. The van der Waals surface area contributed by atoms with Crippen LogP contribution in [0.2, 0.25) is 0 Å². The van der Waals surface area contributed by atoms with E-state index in [1.807, 2.05) is 26.0 Å². The third-order valence-electron chi connectivity index (χ3n) is 4.92. The molecule has 0 aromatic heterocycles. The number of hydrogen-bond acceptors (Lipinski definition) is 2. The van der Waals surface area contributed by atoms with Crippen LogP contribution in [0.15, 0.2) is 36.4 Å². The SMILES string of the molecule is CC[C@H](Oc1ccc(C)cc1C)C(=O)N[C@@H](CC)c1ccc(C)c(C)c1. The predicted octanol–water partition coefficient (Wildman–Crippen LogP) is 5.35. The Kier molecular flexibility index (Phi) is 6.84. The smallest absolute Gasteiger partial charge is 0.261 e. The van der Waals surface area contributed by atoms with E-state index in [-0.39, 0.29) is 11.9 Å². The lowest BCUT2D eigenvalue weighted by Crippen LogP contribution is -2.40. The number of rotatable bonds is 7. The second kappa shape index (κ2) is 8.88. The van der Waals surface area contributed by atoms with Gasteiger partial charge in [-0.15, -0.1) is 0 Å². The van der Waals surface area contributed by atoms with Gasteiger partial charge in [0.05, 0.1) is 6.04 Å². The highest BCUT2D eigenvalue weighted by Gasteiger charge is 2.22. The molecule has 0 aliphatic rings. The summed E-state index contributed by atoms with van der Waals surface area (Å²) in [5, 5.41) is 3.17. The first-order valence-corrected chi connectivity index (χ1v) is 9.47. The summed E-state index contributed by atoms with van der Waals surface area (Å²) in [4.78, 5) is 12.8. The standard InChI is InChI=1S/C23H31NO2/c1-7-20(19-11-10-16(4)17(5)14-19)24-23(25)21(8-2)26-22-12-9-15(3)13-18(22)6/h9-14,20-21H,7-8H2,1-6H3,(H,24,25)/t20-,21-/m0/s1. The van der Waals surface area contributed by atoms with Crippen LogP contribution in [0.1, 0.15) is 60.5 Å². The average Bonchev–Trinajstić information content (AvgIpc) is 2.61. The Morgan fingerprint density at radius 2 is 1.65 bits per heavy atom. The molecule has 0 saturated heterocycles. The van der Waals surface area contributed by atoms with Gasteiger partial charge in [0, 0.05) is 0 Å². The van der Waals surface area contributed by atoms with Gasteiger partial charge in [0.15, 0.2) is 6.10 Å². The molecule has 1 N–H and O–H groups in total. The highest BCUT2D eigenvalue weighted by atomic mass is 16.5. The number of carbonyl (C=O) groups is 1. The fraction of sp³-hybridized carbons (Fsp3) is 0.435. The molecule has 0 radical (unpaired) electrons. The Balaban J connectivity index is 2.12. The minimum Gasteiger partial charge on any atom is -0.480 e. The minimum atomic E-state index is -0.489. The van der Waals surface area contributed by atoms with Crippen molar-refractivity contribution >= 4 is 5.91 Å². The number of nitrogens with one attached hydrogen (secondary N) is 1. The van der Waals surface area contributed by atoms with Crippen molar-refractivity contribution in [3.8, 4) is 5.75 Å². The molecule has 2 aromatic carbocycles. The second-order valence-electron chi connectivity index (χ2n) is 7.10. The van der Waals surface area contributed by atoms with Gasteiger partial charge in [-0.05, 0) is 68.9 Å². The van der Waals surface area contributed by atoms with Gasteiger partial charge in [0.25, 0.3) is 5.91 Å². The van der Waals surface area contributed by atoms with E-state index < -0.39 is 6.10 Å². The zero-order valence-corrected chi connectivity index (χ0v) is 16.8. The van der Waals surface area contributed by atoms with Gasteiger partial charge in [-0.25, -0.2) is 0 Å². The van der Waals surface area contributed by atoms with Crippen LogP contribution in [0.5, 0.6) is 5.75 Å². The number of hydrogen-bond donors (Lipinski definition) is 1. The first-order chi connectivity index (χ1) is 12.3. The fourth-order valence-corrected chi connectivity index (χ4v) is 3.07. The molecule has 0 spiro atoms. The first kappa shape index (κ1) is 20.0. The molecule has 0 aliphatic heterocycles. The summed E-state index contributed by atoms with van der Waals surface area (Å²) in [6.45, 7) is 12.3. The average molecular weight is 354 g/mol. The Morgan fingerprint density at radius 1 is 0.923 bits per heavy atom. The molecule has 0 bridgehead atoms. The van der Waals surface area contributed by atoms with Crippen molar-refractivity contribution in [2.45, 2.75) is 66.5 Å². The van der Waals surface area contributed by atoms with Gasteiger partial charge in [-0.2, -0.15) is 0 Å². The maximum absolute atomic E-state index is 12.8. The van der Waals surface area contributed by atoms with Crippen molar-refractivity contribution in [2.75, 3.05) is 0 Å². The van der Waals surface area contributed by atoms with Crippen LogP contribution in [-0.4, -0.2) is 12.0 Å². The Labute approximate surface area is 157 Å². The minimum absolute atomic E-state index is 0.00133. The summed E-state index contributed by atoms with van der Waals surface area (Å²) < 4.78 is 6.02. The predicted molar refractivity (Wildman–Crippen MR) is 108 cm³/mol. The Morgan fingerprint density at radius 3 is 2.23 bits per heavy atom. The Bertz CT molecular complexity index is 767. The van der Waals surface area contributed by atoms with Crippen LogP contribution >= 0.6 is 0 Å². The second-order valence-corrected chi connectivity index (χ2v) is 7.10. The third-order valence-corrected chi connectivity index (χ3v) is 4.92. The normalized spacial score (nSPS) is 13.2. The summed E-state index contributed by atoms with van der Waals surface area (Å²) in [6.07, 6.45) is 0.980. The maximum atomic E-state index is 12.8. The topological polar surface area (TPSA) is 38.3 Å². The van der Waals surface area contributed by atoms with E-state index in [4.69, 9.17) is 4.74 Å². The fourth-order valence-electron chi connectivity index (χ4n) is 3.07.